The van der Waals surface area contributed by atoms with Gasteiger partial charge in [-0.15, -0.1) is 0 Å². The number of rotatable bonds is 7. The molecule has 2 bridgehead atoms. The van der Waals surface area contributed by atoms with E-state index < -0.39 is 64.4 Å². The van der Waals surface area contributed by atoms with Crippen LogP contribution < -0.4 is 0 Å². The van der Waals surface area contributed by atoms with E-state index in [-0.39, 0.29) is 36.4 Å². The Morgan fingerprint density at radius 1 is 1.02 bits per heavy atom. The van der Waals surface area contributed by atoms with Crippen LogP contribution >= 0.6 is 0 Å². The van der Waals surface area contributed by atoms with Crippen LogP contribution in [0.5, 0.6) is 0 Å². The number of ketones is 1. The first kappa shape index (κ1) is 30.7. The molecule has 1 spiro atoms. The minimum Gasteiger partial charge on any atom is -0.465 e. The van der Waals surface area contributed by atoms with E-state index in [9.17, 15) is 29.1 Å². The fourth-order valence-electron chi connectivity index (χ4n) is 7.68. The Morgan fingerprint density at radius 3 is 2.22 bits per heavy atom. The van der Waals surface area contributed by atoms with E-state index in [2.05, 4.69) is 0 Å². The van der Waals surface area contributed by atoms with E-state index in [0.717, 1.165) is 0 Å². The lowest BCUT2D eigenvalue weighted by Crippen LogP contribution is -2.66. The van der Waals surface area contributed by atoms with Crippen molar-refractivity contribution < 1.29 is 48.0 Å². The first-order chi connectivity index (χ1) is 19.1. The van der Waals surface area contributed by atoms with Gasteiger partial charge in [0.1, 0.15) is 6.61 Å². The summed E-state index contributed by atoms with van der Waals surface area (Å²) in [6, 6.07) is 0. The van der Waals surface area contributed by atoms with Gasteiger partial charge in [0.15, 0.2) is 23.6 Å². The van der Waals surface area contributed by atoms with E-state index in [1.807, 2.05) is 13.8 Å². The van der Waals surface area contributed by atoms with Crippen molar-refractivity contribution in [2.75, 3.05) is 13.2 Å². The first-order valence-corrected chi connectivity index (χ1v) is 14.0. The van der Waals surface area contributed by atoms with Crippen LogP contribution in [0.2, 0.25) is 0 Å². The van der Waals surface area contributed by atoms with Crippen molar-refractivity contribution in [1.82, 2.24) is 0 Å². The zero-order chi connectivity index (χ0) is 30.7. The highest BCUT2D eigenvalue weighted by molar-refractivity contribution is 5.96. The number of hydrogen-bond acceptors (Lipinski definition) is 10. The summed E-state index contributed by atoms with van der Waals surface area (Å²) in [5.74, 6) is -4.28. The van der Waals surface area contributed by atoms with Crippen LogP contribution in [-0.4, -0.2) is 65.8 Å². The van der Waals surface area contributed by atoms with E-state index in [0.29, 0.717) is 17.6 Å². The second-order valence-electron chi connectivity index (χ2n) is 12.3. The van der Waals surface area contributed by atoms with Crippen LogP contribution in [0.1, 0.15) is 61.8 Å². The average molecular weight is 573 g/mol. The molecule has 2 saturated carbocycles. The monoisotopic (exact) mass is 572 g/mol. The fraction of sp³-hybridized carbons (Fsp3) is 0.645. The number of hydrogen-bond donors (Lipinski definition) is 1. The Hall–Kier alpha value is -3.27. The minimum absolute atomic E-state index is 0.0218. The van der Waals surface area contributed by atoms with Gasteiger partial charge in [0.05, 0.1) is 12.0 Å². The molecule has 4 rings (SSSR count). The molecule has 0 heterocycles. The second-order valence-corrected chi connectivity index (χ2v) is 12.3. The van der Waals surface area contributed by atoms with Gasteiger partial charge in [-0.05, 0) is 50.5 Å². The quantitative estimate of drug-likeness (QED) is 0.209. The van der Waals surface area contributed by atoms with Crippen molar-refractivity contribution in [2.24, 2.45) is 34.5 Å². The molecule has 0 aromatic rings. The third-order valence-electron chi connectivity index (χ3n) is 9.77. The molecule has 2 fully saturated rings. The van der Waals surface area contributed by atoms with E-state index >= 15 is 0 Å². The Bertz CT molecular complexity index is 1280. The highest BCUT2D eigenvalue weighted by Gasteiger charge is 2.78. The van der Waals surface area contributed by atoms with Crippen LogP contribution in [0.15, 0.2) is 34.9 Å². The molecule has 41 heavy (non-hydrogen) atoms. The fourth-order valence-corrected chi connectivity index (χ4v) is 7.68. The number of aliphatic hydroxyl groups is 1. The molecule has 10 nitrogen and oxygen atoms in total. The van der Waals surface area contributed by atoms with Gasteiger partial charge in [0.2, 0.25) is 0 Å². The smallest absolute Gasteiger partial charge is 0.334 e. The molecule has 0 aromatic heterocycles. The van der Waals surface area contributed by atoms with Crippen LogP contribution in [0, 0.1) is 34.5 Å². The largest absolute Gasteiger partial charge is 0.465 e. The van der Waals surface area contributed by atoms with Gasteiger partial charge in [-0.2, -0.15) is 0 Å². The van der Waals surface area contributed by atoms with Crippen molar-refractivity contribution in [1.29, 1.82) is 0 Å². The molecule has 0 aromatic carbocycles. The Balaban J connectivity index is 1.95. The third-order valence-corrected chi connectivity index (χ3v) is 9.77. The molecule has 10 heteroatoms. The molecule has 0 saturated heterocycles. The Labute approximate surface area is 240 Å². The Kier molecular flexibility index (Phi) is 7.88. The summed E-state index contributed by atoms with van der Waals surface area (Å²) in [5, 5.41) is 12.9. The predicted molar refractivity (Wildman–Crippen MR) is 145 cm³/mol. The summed E-state index contributed by atoms with van der Waals surface area (Å²) >= 11 is 0. The number of ether oxygens (including phenoxy) is 4. The molecule has 9 atom stereocenters. The number of Topliss-reactive ketones (excluding diaryl/α,β-unsaturated/α-hetero) is 1. The molecular formula is C31H40O10. The number of carbonyl (C=O) groups excluding carboxylic acids is 5. The van der Waals surface area contributed by atoms with Gasteiger partial charge in [-0.3, -0.25) is 19.2 Å². The summed E-state index contributed by atoms with van der Waals surface area (Å²) in [7, 11) is 0. The molecular weight excluding hydrogens is 532 g/mol. The molecule has 224 valence electrons. The normalized spacial score (nSPS) is 39.1. The molecule has 0 aliphatic heterocycles. The molecule has 0 radical (unpaired) electrons. The van der Waals surface area contributed by atoms with Gasteiger partial charge in [0, 0.05) is 43.3 Å². The van der Waals surface area contributed by atoms with Crippen LogP contribution in [-0.2, 0) is 42.9 Å². The number of carbonyl (C=O) groups is 5. The van der Waals surface area contributed by atoms with Gasteiger partial charge in [-0.1, -0.05) is 32.1 Å². The summed E-state index contributed by atoms with van der Waals surface area (Å²) in [5.41, 5.74) is -3.35. The topological polar surface area (TPSA) is 143 Å². The van der Waals surface area contributed by atoms with E-state index in [1.54, 1.807) is 39.0 Å². The van der Waals surface area contributed by atoms with E-state index in [4.69, 9.17) is 18.9 Å². The Morgan fingerprint density at radius 2 is 1.66 bits per heavy atom. The van der Waals surface area contributed by atoms with Crippen molar-refractivity contribution in [3.05, 3.63) is 34.9 Å². The number of esters is 4. The van der Waals surface area contributed by atoms with E-state index in [1.165, 1.54) is 20.8 Å². The van der Waals surface area contributed by atoms with Crippen molar-refractivity contribution >= 4 is 29.7 Å². The van der Waals surface area contributed by atoms with Crippen molar-refractivity contribution in [3.63, 3.8) is 0 Å². The SMILES string of the molecule is C/C=C(/C)C(=O)O[C@H]1C(C)=C[C@@]23C(=O)[C@@H](C=C(COC(C)=O)[C@@H](OC(C)=O)[C@]12O)[C@H]1[C@@H](C[C@H]3C)[C@@]1(C)COC(C)=O. The van der Waals surface area contributed by atoms with Gasteiger partial charge >= 0.3 is 23.9 Å². The lowest BCUT2D eigenvalue weighted by Gasteiger charge is -2.49. The number of fused-ring (bicyclic) bond motifs is 3. The predicted octanol–water partition coefficient (Wildman–Crippen LogP) is 3.02. The standard InChI is InChI=1S/C31H40O10/c1-9-15(2)28(36)41-26-16(3)12-30-17(4)10-23-24(29(23,8)14-39-19(6)33)22(25(30)35)11-21(13-38-18(5)32)27(31(26,30)37)40-20(7)34/h9,11-12,17,22-24,26-27,37H,10,13-14H2,1-8H3/b15-9-/t17-,22+,23-,24+,26+,27-,29-,30-,31-/m1/s1. The van der Waals surface area contributed by atoms with Gasteiger partial charge in [0.25, 0.3) is 0 Å². The lowest BCUT2D eigenvalue weighted by atomic mass is 9.59. The third kappa shape index (κ3) is 4.64. The minimum atomic E-state index is -2.23. The first-order valence-electron chi connectivity index (χ1n) is 14.0. The zero-order valence-corrected chi connectivity index (χ0v) is 24.9. The molecule has 1 N–H and O–H groups in total. The van der Waals surface area contributed by atoms with Crippen molar-refractivity contribution in [3.8, 4) is 0 Å². The van der Waals surface area contributed by atoms with Crippen molar-refractivity contribution in [2.45, 2.75) is 79.6 Å². The summed E-state index contributed by atoms with van der Waals surface area (Å²) < 4.78 is 22.4. The maximum absolute atomic E-state index is 14.9. The van der Waals surface area contributed by atoms with Gasteiger partial charge < -0.3 is 24.1 Å². The lowest BCUT2D eigenvalue weighted by molar-refractivity contribution is -0.211. The van der Waals surface area contributed by atoms with Gasteiger partial charge in [-0.25, -0.2) is 4.79 Å². The molecule has 4 aliphatic carbocycles. The molecule has 4 aliphatic rings. The maximum atomic E-state index is 14.9. The summed E-state index contributed by atoms with van der Waals surface area (Å²) in [6.45, 7) is 12.3. The highest BCUT2D eigenvalue weighted by Crippen LogP contribution is 2.72. The van der Waals surface area contributed by atoms with Crippen LogP contribution in [0.4, 0.5) is 0 Å². The summed E-state index contributed by atoms with van der Waals surface area (Å²) in [6.07, 6.45) is 2.61. The average Bonchev–Trinajstić information content (AvgIpc) is 3.43. The highest BCUT2D eigenvalue weighted by atomic mass is 16.6. The molecule has 0 amide bonds. The van der Waals surface area contributed by atoms with Crippen LogP contribution in [0.25, 0.3) is 0 Å². The number of allylic oxidation sites excluding steroid dienone is 2. The van der Waals surface area contributed by atoms with Crippen LogP contribution in [0.3, 0.4) is 0 Å². The second kappa shape index (κ2) is 10.5. The zero-order valence-electron chi connectivity index (χ0n) is 24.9. The summed E-state index contributed by atoms with van der Waals surface area (Å²) in [4.78, 5) is 64.0. The maximum Gasteiger partial charge on any atom is 0.334 e. The molecule has 0 unspecified atom stereocenters.